The first-order valence-corrected chi connectivity index (χ1v) is 9.71. The molecule has 0 aromatic carbocycles. The summed E-state index contributed by atoms with van der Waals surface area (Å²) in [6.45, 7) is 11.9. The lowest BCUT2D eigenvalue weighted by atomic mass is 10.1. The van der Waals surface area contributed by atoms with Crippen molar-refractivity contribution in [3.8, 4) is 0 Å². The van der Waals surface area contributed by atoms with Gasteiger partial charge in [-0.05, 0) is 19.3 Å². The van der Waals surface area contributed by atoms with Gasteiger partial charge >= 0.3 is 0 Å². The third kappa shape index (κ3) is 6.42. The molecule has 14 heavy (non-hydrogen) atoms. The number of hydrogen-bond acceptors (Lipinski definition) is 0. The first kappa shape index (κ1) is 14.0. The summed E-state index contributed by atoms with van der Waals surface area (Å²) in [7, 11) is -0.994. The molecular weight excluding hydrogens is 184 g/mol. The van der Waals surface area contributed by atoms with Crippen molar-refractivity contribution >= 4 is 8.07 Å². The summed E-state index contributed by atoms with van der Waals surface area (Å²) in [5, 5.41) is 1.76. The van der Waals surface area contributed by atoms with Crippen LogP contribution in [0.25, 0.3) is 0 Å². The van der Waals surface area contributed by atoms with Crippen molar-refractivity contribution in [1.82, 2.24) is 0 Å². The van der Waals surface area contributed by atoms with Crippen molar-refractivity contribution in [2.24, 2.45) is 0 Å². The Hall–Kier alpha value is -0.0431. The van der Waals surface area contributed by atoms with Gasteiger partial charge in [-0.15, -0.1) is 0 Å². The molecule has 0 aliphatic rings. The van der Waals surface area contributed by atoms with Crippen LogP contribution in [0, 0.1) is 0 Å². The maximum absolute atomic E-state index is 2.53. The van der Waals surface area contributed by atoms with Crippen LogP contribution in [0.4, 0.5) is 0 Å². The van der Waals surface area contributed by atoms with E-state index in [0.717, 1.165) is 0 Å². The Morgan fingerprint density at radius 3 is 2.07 bits per heavy atom. The number of rotatable bonds is 7. The van der Waals surface area contributed by atoms with Gasteiger partial charge in [-0.3, -0.25) is 0 Å². The van der Waals surface area contributed by atoms with Gasteiger partial charge in [0.2, 0.25) is 0 Å². The van der Waals surface area contributed by atoms with E-state index in [0.29, 0.717) is 0 Å². The summed E-state index contributed by atoms with van der Waals surface area (Å²) in [4.78, 5) is 0. The van der Waals surface area contributed by atoms with Gasteiger partial charge in [0, 0.05) is 0 Å². The maximum atomic E-state index is 2.53. The highest BCUT2D eigenvalue weighted by Gasteiger charge is 2.16. The van der Waals surface area contributed by atoms with Crippen LogP contribution in [0.15, 0.2) is 11.3 Å². The number of unbranched alkanes of at least 4 members (excludes halogenated alkanes) is 4. The van der Waals surface area contributed by atoms with Crippen molar-refractivity contribution < 1.29 is 0 Å². The van der Waals surface area contributed by atoms with Crippen molar-refractivity contribution in [3.63, 3.8) is 0 Å². The van der Waals surface area contributed by atoms with Crippen LogP contribution < -0.4 is 0 Å². The average molecular weight is 212 g/mol. The number of hydrogen-bond donors (Lipinski definition) is 0. The molecule has 0 saturated heterocycles. The molecule has 0 N–H and O–H groups in total. The van der Waals surface area contributed by atoms with E-state index < -0.39 is 8.07 Å². The Balaban J connectivity index is 3.83. The van der Waals surface area contributed by atoms with Crippen LogP contribution in [-0.4, -0.2) is 8.07 Å². The molecule has 0 rings (SSSR count). The third-order valence-corrected chi connectivity index (χ3v) is 5.28. The summed E-state index contributed by atoms with van der Waals surface area (Å²) in [5.74, 6) is 0. The summed E-state index contributed by atoms with van der Waals surface area (Å²) < 4.78 is 0. The highest BCUT2D eigenvalue weighted by Crippen LogP contribution is 2.19. The number of allylic oxidation sites excluding steroid dienone is 2. The normalized spacial score (nSPS) is 13.4. The molecule has 0 amide bonds. The van der Waals surface area contributed by atoms with E-state index in [2.05, 4.69) is 39.6 Å². The molecule has 0 fully saturated rings. The second-order valence-corrected chi connectivity index (χ2v) is 10.3. The average Bonchev–Trinajstić information content (AvgIpc) is 2.09. The molecule has 0 spiro atoms. The highest BCUT2D eigenvalue weighted by molar-refractivity contribution is 6.83. The van der Waals surface area contributed by atoms with Gasteiger partial charge in [0.15, 0.2) is 0 Å². The fourth-order valence-corrected chi connectivity index (χ4v) is 3.65. The van der Waals surface area contributed by atoms with E-state index in [1.807, 2.05) is 0 Å². The molecule has 84 valence electrons. The van der Waals surface area contributed by atoms with E-state index in [1.54, 1.807) is 5.20 Å². The minimum atomic E-state index is -0.994. The van der Waals surface area contributed by atoms with Crippen molar-refractivity contribution in [1.29, 1.82) is 0 Å². The molecule has 1 heteroatoms. The maximum Gasteiger partial charge on any atom is 0.0720 e. The van der Waals surface area contributed by atoms with Crippen molar-refractivity contribution in [3.05, 3.63) is 11.3 Å². The van der Waals surface area contributed by atoms with E-state index in [4.69, 9.17) is 0 Å². The monoisotopic (exact) mass is 212 g/mol. The zero-order valence-electron chi connectivity index (χ0n) is 10.8. The van der Waals surface area contributed by atoms with Gasteiger partial charge < -0.3 is 0 Å². The predicted octanol–water partition coefficient (Wildman–Crippen LogP) is 5.17. The summed E-state index contributed by atoms with van der Waals surface area (Å²) in [6, 6.07) is 0. The van der Waals surface area contributed by atoms with E-state index >= 15 is 0 Å². The topological polar surface area (TPSA) is 0 Å². The minimum absolute atomic E-state index is 0.994. The molecule has 0 bridgehead atoms. The summed E-state index contributed by atoms with van der Waals surface area (Å²) in [6.07, 6.45) is 10.7. The van der Waals surface area contributed by atoms with Crippen LogP contribution in [-0.2, 0) is 0 Å². The molecule has 0 nitrogen and oxygen atoms in total. The van der Waals surface area contributed by atoms with Gasteiger partial charge in [0.05, 0.1) is 8.07 Å². The zero-order chi connectivity index (χ0) is 11.0. The highest BCUT2D eigenvalue weighted by atomic mass is 28.3. The Bertz CT molecular complexity index is 163. The van der Waals surface area contributed by atoms with Crippen molar-refractivity contribution in [2.45, 2.75) is 72.0 Å². The Labute approximate surface area is 91.8 Å². The minimum Gasteiger partial charge on any atom is -0.0892 e. The lowest BCUT2D eigenvalue weighted by molar-refractivity contribution is 0.673. The van der Waals surface area contributed by atoms with Crippen LogP contribution in [0.2, 0.25) is 19.6 Å². The fraction of sp³-hybridized carbons (Fsp3) is 0.846. The first-order valence-electron chi connectivity index (χ1n) is 6.21. The lowest BCUT2D eigenvalue weighted by Gasteiger charge is -2.19. The molecule has 0 radical (unpaired) electrons. The van der Waals surface area contributed by atoms with Crippen molar-refractivity contribution in [2.75, 3.05) is 0 Å². The van der Waals surface area contributed by atoms with E-state index in [1.165, 1.54) is 38.5 Å². The predicted molar refractivity (Wildman–Crippen MR) is 70.5 cm³/mol. The third-order valence-electron chi connectivity index (χ3n) is 2.79. The van der Waals surface area contributed by atoms with Crippen LogP contribution in [0.3, 0.4) is 0 Å². The Morgan fingerprint density at radius 1 is 1.00 bits per heavy atom. The second-order valence-electron chi connectivity index (χ2n) is 5.18. The quantitative estimate of drug-likeness (QED) is 0.403. The van der Waals surface area contributed by atoms with Crippen LogP contribution in [0.5, 0.6) is 0 Å². The summed E-state index contributed by atoms with van der Waals surface area (Å²) >= 11 is 0. The molecule has 0 heterocycles. The van der Waals surface area contributed by atoms with Gasteiger partial charge in [-0.2, -0.15) is 0 Å². The summed E-state index contributed by atoms with van der Waals surface area (Å²) in [5.41, 5.74) is 0. The molecule has 0 saturated carbocycles. The lowest BCUT2D eigenvalue weighted by Crippen LogP contribution is -2.23. The molecule has 0 atom stereocenters. The smallest absolute Gasteiger partial charge is 0.0720 e. The fourth-order valence-electron chi connectivity index (χ4n) is 1.83. The van der Waals surface area contributed by atoms with E-state index in [9.17, 15) is 0 Å². The zero-order valence-corrected chi connectivity index (χ0v) is 11.8. The molecule has 0 aromatic rings. The van der Waals surface area contributed by atoms with Gasteiger partial charge in [0.25, 0.3) is 0 Å². The van der Waals surface area contributed by atoms with Gasteiger partial charge in [0.1, 0.15) is 0 Å². The Morgan fingerprint density at radius 2 is 1.64 bits per heavy atom. The first-order chi connectivity index (χ1) is 6.52. The standard InChI is InChI=1S/C13H28Si/c1-6-8-9-10-11-12-13(7-2)14(3,4)5/h12H,6-11H2,1-5H3/b13-12-. The van der Waals surface area contributed by atoms with Crippen LogP contribution >= 0.6 is 0 Å². The molecule has 0 unspecified atom stereocenters. The molecular formula is C13H28Si. The largest absolute Gasteiger partial charge is 0.0892 e. The molecule has 0 aliphatic carbocycles. The van der Waals surface area contributed by atoms with Gasteiger partial charge in [-0.25, -0.2) is 0 Å². The Kier molecular flexibility index (Phi) is 7.25. The van der Waals surface area contributed by atoms with Crippen LogP contribution in [0.1, 0.15) is 52.4 Å². The SMILES string of the molecule is CCCCCC/C=C(/CC)[Si](C)(C)C. The second kappa shape index (κ2) is 7.28. The molecule has 0 aliphatic heterocycles. The van der Waals surface area contributed by atoms with E-state index in [-0.39, 0.29) is 0 Å². The van der Waals surface area contributed by atoms with Gasteiger partial charge in [-0.1, -0.05) is 64.0 Å². The molecule has 0 aromatic heterocycles.